The molecule has 0 atom stereocenters. The van der Waals surface area contributed by atoms with Crippen LogP contribution in [0.25, 0.3) is 0 Å². The quantitative estimate of drug-likeness (QED) is 0.715. The molecule has 0 radical (unpaired) electrons. The highest BCUT2D eigenvalue weighted by atomic mass is 35.5. The maximum Gasteiger partial charge on any atom is 0.414 e. The van der Waals surface area contributed by atoms with Gasteiger partial charge in [0, 0.05) is 19.2 Å². The molecule has 1 aromatic rings. The highest BCUT2D eigenvalue weighted by Gasteiger charge is 2.31. The van der Waals surface area contributed by atoms with Gasteiger partial charge in [-0.15, -0.1) is 0 Å². The van der Waals surface area contributed by atoms with Crippen LogP contribution in [0, 0.1) is 0 Å². The van der Waals surface area contributed by atoms with Crippen LogP contribution in [-0.2, 0) is 11.2 Å². The van der Waals surface area contributed by atoms with Crippen molar-refractivity contribution in [2.45, 2.75) is 32.8 Å². The predicted molar refractivity (Wildman–Crippen MR) is 66.5 cm³/mol. The van der Waals surface area contributed by atoms with E-state index in [4.69, 9.17) is 16.3 Å². The first kappa shape index (κ1) is 12.2. The van der Waals surface area contributed by atoms with Crippen LogP contribution in [0.5, 0.6) is 0 Å². The largest absolute Gasteiger partial charge is 0.443 e. The highest BCUT2D eigenvalue weighted by Crippen LogP contribution is 2.34. The van der Waals surface area contributed by atoms with E-state index in [1.807, 2.05) is 20.8 Å². The number of halogens is 1. The Morgan fingerprint density at radius 2 is 2.24 bits per heavy atom. The molecule has 1 amide bonds. The summed E-state index contributed by atoms with van der Waals surface area (Å²) >= 11 is 6.09. The molecule has 0 spiro atoms. The number of hydrogen-bond acceptors (Lipinski definition) is 3. The highest BCUT2D eigenvalue weighted by molar-refractivity contribution is 6.34. The van der Waals surface area contributed by atoms with E-state index >= 15 is 0 Å². The number of aromatic nitrogens is 1. The smallest absolute Gasteiger partial charge is 0.414 e. The van der Waals surface area contributed by atoms with Crippen molar-refractivity contribution in [2.24, 2.45) is 0 Å². The number of pyridine rings is 1. The van der Waals surface area contributed by atoms with Crippen molar-refractivity contribution in [1.82, 2.24) is 4.98 Å². The van der Waals surface area contributed by atoms with Crippen molar-refractivity contribution in [3.8, 4) is 0 Å². The lowest BCUT2D eigenvalue weighted by Gasteiger charge is -2.25. The van der Waals surface area contributed by atoms with Gasteiger partial charge in [0.2, 0.25) is 0 Å². The summed E-state index contributed by atoms with van der Waals surface area (Å²) in [6.45, 7) is 6.09. The molecule has 2 rings (SSSR count). The Morgan fingerprint density at radius 1 is 1.53 bits per heavy atom. The number of fused-ring (bicyclic) bond motifs is 1. The average molecular weight is 255 g/mol. The van der Waals surface area contributed by atoms with Crippen LogP contribution in [0.15, 0.2) is 12.3 Å². The summed E-state index contributed by atoms with van der Waals surface area (Å²) in [5.41, 5.74) is 1.03. The Bertz CT molecular complexity index is 454. The SMILES string of the molecule is CC(C)(C)OC(=O)N1CCc2nccc(Cl)c21. The molecule has 1 aromatic heterocycles. The van der Waals surface area contributed by atoms with Crippen molar-refractivity contribution in [3.05, 3.63) is 23.0 Å². The Morgan fingerprint density at radius 3 is 2.88 bits per heavy atom. The standard InChI is InChI=1S/C12H15ClN2O2/c1-12(2,3)17-11(16)15-7-5-9-10(15)8(13)4-6-14-9/h4,6H,5,7H2,1-3H3. The second-order valence-electron chi connectivity index (χ2n) is 4.97. The molecule has 0 saturated heterocycles. The second kappa shape index (κ2) is 4.18. The third kappa shape index (κ3) is 2.52. The van der Waals surface area contributed by atoms with Crippen LogP contribution in [-0.4, -0.2) is 23.2 Å². The van der Waals surface area contributed by atoms with E-state index in [-0.39, 0.29) is 6.09 Å². The van der Waals surface area contributed by atoms with Gasteiger partial charge < -0.3 is 4.74 Å². The molecule has 0 saturated carbocycles. The van der Waals surface area contributed by atoms with Crippen LogP contribution in [0.1, 0.15) is 26.5 Å². The normalized spacial score (nSPS) is 14.7. The van der Waals surface area contributed by atoms with Gasteiger partial charge in [-0.05, 0) is 26.8 Å². The van der Waals surface area contributed by atoms with Gasteiger partial charge in [-0.2, -0.15) is 0 Å². The zero-order valence-corrected chi connectivity index (χ0v) is 10.9. The summed E-state index contributed by atoms with van der Waals surface area (Å²) in [5, 5.41) is 0.540. The number of carbonyl (C=O) groups is 1. The average Bonchev–Trinajstić information content (AvgIpc) is 2.60. The zero-order chi connectivity index (χ0) is 12.6. The molecule has 1 aliphatic heterocycles. The molecule has 92 valence electrons. The molecule has 0 unspecified atom stereocenters. The fourth-order valence-electron chi connectivity index (χ4n) is 1.77. The van der Waals surface area contributed by atoms with Crippen molar-refractivity contribution in [2.75, 3.05) is 11.4 Å². The van der Waals surface area contributed by atoms with E-state index in [0.717, 1.165) is 12.1 Å². The first-order chi connectivity index (χ1) is 7.88. The molecule has 2 heterocycles. The molecule has 1 aliphatic rings. The maximum atomic E-state index is 12.0. The molecule has 5 heteroatoms. The molecule has 0 N–H and O–H groups in total. The van der Waals surface area contributed by atoms with Gasteiger partial charge in [0.25, 0.3) is 0 Å². The Labute approximate surface area is 106 Å². The maximum absolute atomic E-state index is 12.0. The first-order valence-corrected chi connectivity index (χ1v) is 5.90. The number of amides is 1. The predicted octanol–water partition coefficient (Wildman–Crippen LogP) is 3.03. The van der Waals surface area contributed by atoms with Crippen LogP contribution >= 0.6 is 11.6 Å². The summed E-state index contributed by atoms with van der Waals surface area (Å²) < 4.78 is 5.33. The van der Waals surface area contributed by atoms with Crippen LogP contribution < -0.4 is 4.90 Å². The van der Waals surface area contributed by atoms with E-state index < -0.39 is 5.60 Å². The first-order valence-electron chi connectivity index (χ1n) is 5.52. The topological polar surface area (TPSA) is 42.4 Å². The molecule has 17 heavy (non-hydrogen) atoms. The van der Waals surface area contributed by atoms with E-state index in [0.29, 0.717) is 17.3 Å². The van der Waals surface area contributed by atoms with Gasteiger partial charge in [0.15, 0.2) is 0 Å². The molecule has 0 fully saturated rings. The zero-order valence-electron chi connectivity index (χ0n) is 10.2. The number of hydrogen-bond donors (Lipinski definition) is 0. The van der Waals surface area contributed by atoms with E-state index in [2.05, 4.69) is 4.98 Å². The Balaban J connectivity index is 2.25. The lowest BCUT2D eigenvalue weighted by atomic mass is 10.2. The third-order valence-electron chi connectivity index (χ3n) is 2.41. The Kier molecular flexibility index (Phi) is 3.00. The van der Waals surface area contributed by atoms with Gasteiger partial charge in [-0.3, -0.25) is 9.88 Å². The minimum absolute atomic E-state index is 0.369. The molecular weight excluding hydrogens is 240 g/mol. The summed E-state index contributed by atoms with van der Waals surface area (Å²) in [4.78, 5) is 17.8. The summed E-state index contributed by atoms with van der Waals surface area (Å²) in [6, 6.07) is 1.68. The number of ether oxygens (including phenoxy) is 1. The van der Waals surface area contributed by atoms with Crippen molar-refractivity contribution in [3.63, 3.8) is 0 Å². The van der Waals surface area contributed by atoms with Gasteiger partial charge in [-0.25, -0.2) is 4.79 Å². The minimum Gasteiger partial charge on any atom is -0.443 e. The minimum atomic E-state index is -0.505. The van der Waals surface area contributed by atoms with Gasteiger partial charge in [0.05, 0.1) is 16.4 Å². The molecule has 0 bridgehead atoms. The molecular formula is C12H15ClN2O2. The van der Waals surface area contributed by atoms with Crippen molar-refractivity contribution >= 4 is 23.4 Å². The van der Waals surface area contributed by atoms with E-state index in [1.165, 1.54) is 0 Å². The third-order valence-corrected chi connectivity index (χ3v) is 2.71. The molecule has 0 aromatic carbocycles. The van der Waals surface area contributed by atoms with Crippen LogP contribution in [0.2, 0.25) is 5.02 Å². The van der Waals surface area contributed by atoms with Crippen LogP contribution in [0.4, 0.5) is 10.5 Å². The van der Waals surface area contributed by atoms with Gasteiger partial charge in [-0.1, -0.05) is 11.6 Å². The number of nitrogens with zero attached hydrogens (tertiary/aromatic N) is 2. The fraction of sp³-hybridized carbons (Fsp3) is 0.500. The number of rotatable bonds is 0. The summed E-state index contributed by atoms with van der Waals surface area (Å²) in [7, 11) is 0. The lowest BCUT2D eigenvalue weighted by molar-refractivity contribution is 0.0584. The number of anilines is 1. The summed E-state index contributed by atoms with van der Waals surface area (Å²) in [6.07, 6.45) is 2.00. The number of carbonyl (C=O) groups excluding carboxylic acids is 1. The lowest BCUT2D eigenvalue weighted by Crippen LogP contribution is -2.35. The fourth-order valence-corrected chi connectivity index (χ4v) is 2.03. The molecule has 0 aliphatic carbocycles. The van der Waals surface area contributed by atoms with Gasteiger partial charge in [0.1, 0.15) is 5.60 Å². The molecule has 4 nitrogen and oxygen atoms in total. The second-order valence-corrected chi connectivity index (χ2v) is 5.38. The van der Waals surface area contributed by atoms with Gasteiger partial charge >= 0.3 is 6.09 Å². The summed E-state index contributed by atoms with van der Waals surface area (Å²) in [5.74, 6) is 0. The van der Waals surface area contributed by atoms with E-state index in [9.17, 15) is 4.79 Å². The van der Waals surface area contributed by atoms with E-state index in [1.54, 1.807) is 17.2 Å². The van der Waals surface area contributed by atoms with Crippen molar-refractivity contribution in [1.29, 1.82) is 0 Å². The Hall–Kier alpha value is -1.29. The van der Waals surface area contributed by atoms with Crippen molar-refractivity contribution < 1.29 is 9.53 Å². The van der Waals surface area contributed by atoms with Crippen LogP contribution in [0.3, 0.4) is 0 Å². The monoisotopic (exact) mass is 254 g/mol.